The van der Waals surface area contributed by atoms with E-state index in [0.29, 0.717) is 45.1 Å². The molecule has 0 spiro atoms. The summed E-state index contributed by atoms with van der Waals surface area (Å²) in [6.45, 7) is 9.74. The van der Waals surface area contributed by atoms with Crippen molar-refractivity contribution in [3.8, 4) is 22.4 Å². The molecular formula is C30H32FN9O2. The van der Waals surface area contributed by atoms with Gasteiger partial charge >= 0.3 is 6.03 Å². The number of halogens is 1. The van der Waals surface area contributed by atoms with Crippen molar-refractivity contribution in [2.75, 3.05) is 23.0 Å². The lowest BCUT2D eigenvalue weighted by molar-refractivity contribution is 0.262. The van der Waals surface area contributed by atoms with Crippen molar-refractivity contribution in [2.45, 2.75) is 46.2 Å². The molecule has 0 aliphatic heterocycles. The van der Waals surface area contributed by atoms with Gasteiger partial charge in [-0.25, -0.2) is 14.2 Å². The molecule has 1 aromatic carbocycles. The topological polar surface area (TPSA) is 132 Å². The molecule has 12 heteroatoms. The molecule has 0 fully saturated rings. The van der Waals surface area contributed by atoms with Crippen LogP contribution in [0.2, 0.25) is 0 Å². The summed E-state index contributed by atoms with van der Waals surface area (Å²) in [4.78, 5) is 39.7. The van der Waals surface area contributed by atoms with Crippen LogP contribution in [-0.4, -0.2) is 42.4 Å². The minimum atomic E-state index is -0.671. The van der Waals surface area contributed by atoms with Crippen LogP contribution < -0.4 is 21.5 Å². The fourth-order valence-corrected chi connectivity index (χ4v) is 4.52. The molecule has 3 N–H and O–H groups in total. The molecule has 0 atom stereocenters. The smallest absolute Gasteiger partial charge is 0.323 e. The summed E-state index contributed by atoms with van der Waals surface area (Å²) >= 11 is 0. The molecule has 11 nitrogen and oxygen atoms in total. The van der Waals surface area contributed by atoms with Crippen LogP contribution in [0.25, 0.3) is 33.4 Å². The molecule has 0 saturated carbocycles. The standard InChI is InChI=1S/C30H32FN9O2/c1-17(2)40-26-20(15-34-28(32-6)37-26)12-21(27(40)41)18-9-10-22(31)23(13-18)35-29(42)36-24-16-39(30(3,4)5)38-25(24)19-8-7-11-33-14-19/h7-17H,1-6H3,(H,32,34,37)(H2,35,36,42). The number of carbonyl (C=O) groups excluding carboxylic acids is 1. The zero-order valence-electron chi connectivity index (χ0n) is 24.2. The maximum Gasteiger partial charge on any atom is 0.323 e. The minimum absolute atomic E-state index is 0.0893. The number of nitrogens with one attached hydrogen (secondary N) is 3. The number of hydrogen-bond acceptors (Lipinski definition) is 7. The van der Waals surface area contributed by atoms with Crippen molar-refractivity contribution in [1.29, 1.82) is 0 Å². The van der Waals surface area contributed by atoms with Gasteiger partial charge in [0.25, 0.3) is 5.56 Å². The number of carbonyl (C=O) groups is 1. The first-order valence-corrected chi connectivity index (χ1v) is 13.4. The van der Waals surface area contributed by atoms with Gasteiger partial charge in [-0.05, 0) is 70.5 Å². The summed E-state index contributed by atoms with van der Waals surface area (Å²) in [7, 11) is 1.70. The van der Waals surface area contributed by atoms with Crippen LogP contribution in [0.3, 0.4) is 0 Å². The van der Waals surface area contributed by atoms with Gasteiger partial charge in [-0.1, -0.05) is 6.07 Å². The first-order valence-electron chi connectivity index (χ1n) is 13.4. The van der Waals surface area contributed by atoms with Crippen molar-refractivity contribution >= 4 is 34.4 Å². The van der Waals surface area contributed by atoms with E-state index in [1.807, 2.05) is 40.7 Å². The van der Waals surface area contributed by atoms with E-state index in [1.165, 1.54) is 18.2 Å². The molecule has 4 heterocycles. The number of urea groups is 1. The van der Waals surface area contributed by atoms with Gasteiger partial charge in [0.05, 0.1) is 16.9 Å². The van der Waals surface area contributed by atoms with Gasteiger partial charge in [0.2, 0.25) is 5.95 Å². The minimum Gasteiger partial charge on any atom is -0.357 e. The summed E-state index contributed by atoms with van der Waals surface area (Å²) in [5.41, 5.74) is 2.18. The monoisotopic (exact) mass is 569 g/mol. The number of aromatic nitrogens is 6. The van der Waals surface area contributed by atoms with Crippen molar-refractivity contribution in [3.63, 3.8) is 0 Å². The molecule has 2 amide bonds. The maximum absolute atomic E-state index is 15.0. The van der Waals surface area contributed by atoms with E-state index >= 15 is 0 Å². The van der Waals surface area contributed by atoms with Gasteiger partial charge < -0.3 is 16.0 Å². The number of nitrogens with zero attached hydrogens (tertiary/aromatic N) is 6. The van der Waals surface area contributed by atoms with Crippen molar-refractivity contribution in [2.24, 2.45) is 0 Å². The Labute approximate surface area is 241 Å². The average molecular weight is 570 g/mol. The van der Waals surface area contributed by atoms with Crippen LogP contribution in [-0.2, 0) is 5.54 Å². The van der Waals surface area contributed by atoms with Crippen molar-refractivity contribution < 1.29 is 9.18 Å². The molecule has 0 aliphatic carbocycles. The maximum atomic E-state index is 15.0. The van der Waals surface area contributed by atoms with Crippen LogP contribution in [0, 0.1) is 5.82 Å². The molecule has 216 valence electrons. The van der Waals surface area contributed by atoms with Crippen molar-refractivity contribution in [3.05, 3.63) is 77.4 Å². The van der Waals surface area contributed by atoms with E-state index in [-0.39, 0.29) is 22.8 Å². The molecule has 0 radical (unpaired) electrons. The molecule has 0 unspecified atom stereocenters. The Balaban J connectivity index is 1.49. The fourth-order valence-electron chi connectivity index (χ4n) is 4.52. The molecule has 0 saturated heterocycles. The molecular weight excluding hydrogens is 537 g/mol. The molecule has 5 aromatic rings. The van der Waals surface area contributed by atoms with Gasteiger partial charge in [-0.2, -0.15) is 10.1 Å². The largest absolute Gasteiger partial charge is 0.357 e. The van der Waals surface area contributed by atoms with Crippen LogP contribution >= 0.6 is 0 Å². The van der Waals surface area contributed by atoms with Crippen LogP contribution in [0.1, 0.15) is 40.7 Å². The van der Waals surface area contributed by atoms with E-state index in [4.69, 9.17) is 0 Å². The highest BCUT2D eigenvalue weighted by atomic mass is 19.1. The van der Waals surface area contributed by atoms with E-state index in [0.717, 1.165) is 0 Å². The van der Waals surface area contributed by atoms with E-state index < -0.39 is 11.8 Å². The number of amides is 2. The first kappa shape index (κ1) is 28.4. The molecule has 5 rings (SSSR count). The predicted octanol–water partition coefficient (Wildman–Crippen LogP) is 5.88. The van der Waals surface area contributed by atoms with Crippen LogP contribution in [0.5, 0.6) is 0 Å². The molecule has 42 heavy (non-hydrogen) atoms. The highest BCUT2D eigenvalue weighted by Crippen LogP contribution is 2.30. The van der Waals surface area contributed by atoms with Crippen LogP contribution in [0.15, 0.2) is 66.0 Å². The quantitative estimate of drug-likeness (QED) is 0.233. The number of hydrogen-bond donors (Lipinski definition) is 3. The highest BCUT2D eigenvalue weighted by Gasteiger charge is 2.21. The summed E-state index contributed by atoms with van der Waals surface area (Å²) in [6.07, 6.45) is 6.65. The molecule has 0 bridgehead atoms. The summed E-state index contributed by atoms with van der Waals surface area (Å²) in [6, 6.07) is 8.58. The first-order chi connectivity index (χ1) is 20.0. The van der Waals surface area contributed by atoms with Gasteiger partial charge in [-0.15, -0.1) is 0 Å². The Bertz CT molecular complexity index is 1840. The zero-order valence-corrected chi connectivity index (χ0v) is 24.2. The summed E-state index contributed by atoms with van der Waals surface area (Å²) in [5, 5.41) is 13.6. The summed E-state index contributed by atoms with van der Waals surface area (Å²) < 4.78 is 18.3. The fraction of sp³-hybridized carbons (Fsp3) is 0.267. The summed E-state index contributed by atoms with van der Waals surface area (Å²) in [5.74, 6) is -0.262. The van der Waals surface area contributed by atoms with Gasteiger partial charge in [0, 0.05) is 54.4 Å². The Hall–Kier alpha value is -5.13. The molecule has 4 aromatic heterocycles. The Kier molecular flexibility index (Phi) is 7.46. The number of rotatable bonds is 6. The van der Waals surface area contributed by atoms with Gasteiger partial charge in [0.1, 0.15) is 17.2 Å². The zero-order chi connectivity index (χ0) is 30.2. The third kappa shape index (κ3) is 5.55. The van der Waals surface area contributed by atoms with Gasteiger partial charge in [0.15, 0.2) is 0 Å². The number of anilines is 3. The number of pyridine rings is 2. The lowest BCUT2D eigenvalue weighted by Gasteiger charge is -2.18. The lowest BCUT2D eigenvalue weighted by atomic mass is 10.0. The predicted molar refractivity (Wildman–Crippen MR) is 162 cm³/mol. The van der Waals surface area contributed by atoms with E-state index in [1.54, 1.807) is 53.2 Å². The average Bonchev–Trinajstić information content (AvgIpc) is 3.38. The number of benzene rings is 1. The van der Waals surface area contributed by atoms with E-state index in [2.05, 4.69) is 36.0 Å². The number of fused-ring (bicyclic) bond motifs is 1. The third-order valence-electron chi connectivity index (χ3n) is 6.62. The van der Waals surface area contributed by atoms with Crippen molar-refractivity contribution in [1.82, 2.24) is 29.3 Å². The second-order valence-corrected chi connectivity index (χ2v) is 11.1. The Morgan fingerprint density at radius 1 is 1.02 bits per heavy atom. The van der Waals surface area contributed by atoms with Crippen LogP contribution in [0.4, 0.5) is 26.5 Å². The normalized spacial score (nSPS) is 11.6. The SMILES string of the molecule is CNc1ncc2cc(-c3ccc(F)c(NC(=O)Nc4cn(C(C)(C)C)nc4-c4cccnc4)c3)c(=O)n(C(C)C)c2n1. The Morgan fingerprint density at radius 2 is 1.79 bits per heavy atom. The Morgan fingerprint density at radius 3 is 2.45 bits per heavy atom. The second kappa shape index (κ2) is 11.0. The van der Waals surface area contributed by atoms with E-state index in [9.17, 15) is 14.0 Å². The third-order valence-corrected chi connectivity index (χ3v) is 6.62. The lowest BCUT2D eigenvalue weighted by Crippen LogP contribution is -2.25. The highest BCUT2D eigenvalue weighted by molar-refractivity contribution is 6.02. The van der Waals surface area contributed by atoms with Gasteiger partial charge in [-0.3, -0.25) is 19.0 Å². The second-order valence-electron chi connectivity index (χ2n) is 11.1. The molecule has 0 aliphatic rings.